The van der Waals surface area contributed by atoms with E-state index in [1.807, 2.05) is 22.4 Å². The third-order valence-electron chi connectivity index (χ3n) is 3.90. The zero-order chi connectivity index (χ0) is 16.9. The number of aromatic nitrogens is 3. The Bertz CT molecular complexity index is 833. The maximum absolute atomic E-state index is 5.42. The van der Waals surface area contributed by atoms with Gasteiger partial charge in [0.2, 0.25) is 0 Å². The minimum absolute atomic E-state index is 0.525. The molecule has 0 amide bonds. The summed E-state index contributed by atoms with van der Waals surface area (Å²) < 4.78 is 2.67. The van der Waals surface area contributed by atoms with Gasteiger partial charge in [0.1, 0.15) is 5.82 Å². The predicted octanol–water partition coefficient (Wildman–Crippen LogP) is 5.49. The van der Waals surface area contributed by atoms with E-state index in [4.69, 9.17) is 12.2 Å². The van der Waals surface area contributed by atoms with Crippen LogP contribution in [0.2, 0.25) is 0 Å². The smallest absolute Gasteiger partial charge is 0.199 e. The van der Waals surface area contributed by atoms with Crippen LogP contribution in [-0.2, 0) is 11.5 Å². The molecule has 0 bridgehead atoms. The van der Waals surface area contributed by atoms with E-state index < -0.39 is 0 Å². The highest BCUT2D eigenvalue weighted by atomic mass is 32.2. The normalized spacial score (nSPS) is 11.1. The van der Waals surface area contributed by atoms with Gasteiger partial charge in [0.25, 0.3) is 0 Å². The number of hydrogen-bond donors (Lipinski definition) is 1. The maximum Gasteiger partial charge on any atom is 0.199 e. The van der Waals surface area contributed by atoms with E-state index >= 15 is 0 Å². The molecular weight excluding hydrogens is 334 g/mol. The quantitative estimate of drug-likeness (QED) is 0.594. The van der Waals surface area contributed by atoms with Crippen LogP contribution in [0.4, 0.5) is 0 Å². The van der Waals surface area contributed by atoms with Crippen molar-refractivity contribution in [1.29, 1.82) is 0 Å². The molecule has 124 valence electrons. The fraction of sp³-hybridized carbons (Fsp3) is 0.263. The van der Waals surface area contributed by atoms with Crippen molar-refractivity contribution in [2.75, 3.05) is 0 Å². The van der Waals surface area contributed by atoms with Crippen molar-refractivity contribution in [3.05, 3.63) is 76.3 Å². The molecule has 0 spiro atoms. The molecule has 3 aromatic rings. The van der Waals surface area contributed by atoms with E-state index in [2.05, 4.69) is 72.6 Å². The Hall–Kier alpha value is -1.85. The van der Waals surface area contributed by atoms with Crippen LogP contribution in [0.25, 0.3) is 5.69 Å². The molecule has 1 N–H and O–H groups in total. The topological polar surface area (TPSA) is 33.6 Å². The summed E-state index contributed by atoms with van der Waals surface area (Å²) in [5.41, 5.74) is 3.71. The minimum Gasteiger partial charge on any atom is -0.271 e. The van der Waals surface area contributed by atoms with Crippen LogP contribution >= 0.6 is 24.0 Å². The van der Waals surface area contributed by atoms with Crippen LogP contribution in [0.15, 0.2) is 54.6 Å². The summed E-state index contributed by atoms with van der Waals surface area (Å²) in [6, 6.07) is 19.0. The molecule has 0 saturated carbocycles. The van der Waals surface area contributed by atoms with E-state index in [1.54, 1.807) is 0 Å². The third kappa shape index (κ3) is 3.97. The molecule has 0 unspecified atom stereocenters. The lowest BCUT2D eigenvalue weighted by Gasteiger charge is -2.09. The zero-order valence-electron chi connectivity index (χ0n) is 13.9. The summed E-state index contributed by atoms with van der Waals surface area (Å²) in [6.07, 6.45) is 0. The first-order valence-corrected chi connectivity index (χ1v) is 9.59. The van der Waals surface area contributed by atoms with E-state index in [1.165, 1.54) is 11.1 Å². The van der Waals surface area contributed by atoms with Gasteiger partial charge in [-0.1, -0.05) is 56.3 Å². The molecule has 0 aliphatic carbocycles. The van der Waals surface area contributed by atoms with Crippen molar-refractivity contribution in [2.45, 2.75) is 31.3 Å². The standard InChI is InChI=1S/C19H21N3S2/c1-14(2)16-8-10-17(11-9-16)22-18(20-21-19(22)23)13-24-12-15-6-4-3-5-7-15/h3-11,14H,12-13H2,1-2H3,(H,21,23). The molecular formula is C19H21N3S2. The second-order valence-corrected chi connectivity index (χ2v) is 7.38. The second kappa shape index (κ2) is 7.81. The molecule has 0 atom stereocenters. The van der Waals surface area contributed by atoms with Gasteiger partial charge in [-0.25, -0.2) is 0 Å². The number of nitrogens with zero attached hydrogens (tertiary/aromatic N) is 2. The Balaban J connectivity index is 1.75. The lowest BCUT2D eigenvalue weighted by molar-refractivity contribution is 0.863. The molecule has 1 heterocycles. The maximum atomic E-state index is 5.42. The average molecular weight is 356 g/mol. The molecule has 0 radical (unpaired) electrons. The summed E-state index contributed by atoms with van der Waals surface area (Å²) in [4.78, 5) is 0. The van der Waals surface area contributed by atoms with Crippen LogP contribution in [-0.4, -0.2) is 14.8 Å². The number of thioether (sulfide) groups is 1. The number of benzene rings is 2. The van der Waals surface area contributed by atoms with Gasteiger partial charge in [0.05, 0.1) is 5.75 Å². The van der Waals surface area contributed by atoms with Gasteiger partial charge in [-0.2, -0.15) is 5.10 Å². The van der Waals surface area contributed by atoms with Gasteiger partial charge in [0.15, 0.2) is 4.77 Å². The molecule has 0 fully saturated rings. The van der Waals surface area contributed by atoms with Gasteiger partial charge < -0.3 is 0 Å². The number of hydrogen-bond acceptors (Lipinski definition) is 3. The van der Waals surface area contributed by atoms with Gasteiger partial charge in [0, 0.05) is 11.4 Å². The van der Waals surface area contributed by atoms with E-state index in [0.717, 1.165) is 23.0 Å². The van der Waals surface area contributed by atoms with Crippen molar-refractivity contribution in [2.24, 2.45) is 0 Å². The molecule has 3 nitrogen and oxygen atoms in total. The molecule has 0 aliphatic rings. The van der Waals surface area contributed by atoms with Crippen molar-refractivity contribution < 1.29 is 0 Å². The SMILES string of the molecule is CC(C)c1ccc(-n2c(CSCc3ccccc3)n[nH]c2=S)cc1. The Kier molecular flexibility index (Phi) is 5.53. The highest BCUT2D eigenvalue weighted by Crippen LogP contribution is 2.21. The Labute approximate surface area is 152 Å². The number of rotatable bonds is 6. The van der Waals surface area contributed by atoms with Gasteiger partial charge >= 0.3 is 0 Å². The molecule has 1 aromatic heterocycles. The summed E-state index contributed by atoms with van der Waals surface area (Å²) in [5.74, 6) is 3.26. The summed E-state index contributed by atoms with van der Waals surface area (Å²) >= 11 is 7.26. The highest BCUT2D eigenvalue weighted by molar-refractivity contribution is 7.97. The summed E-state index contributed by atoms with van der Waals surface area (Å²) in [5, 5.41) is 7.33. The van der Waals surface area contributed by atoms with Gasteiger partial charge in [-0.05, 0) is 41.4 Å². The van der Waals surface area contributed by atoms with Crippen LogP contribution in [0.3, 0.4) is 0 Å². The predicted molar refractivity (Wildman–Crippen MR) is 104 cm³/mol. The Morgan fingerprint density at radius 2 is 1.75 bits per heavy atom. The van der Waals surface area contributed by atoms with Crippen LogP contribution in [0.1, 0.15) is 36.7 Å². The largest absolute Gasteiger partial charge is 0.271 e. The fourth-order valence-electron chi connectivity index (χ4n) is 2.54. The first-order valence-electron chi connectivity index (χ1n) is 8.03. The number of aromatic amines is 1. The summed E-state index contributed by atoms with van der Waals surface area (Å²) in [7, 11) is 0. The molecule has 0 aliphatic heterocycles. The van der Waals surface area contributed by atoms with Crippen molar-refractivity contribution in [3.63, 3.8) is 0 Å². The Morgan fingerprint density at radius 3 is 2.42 bits per heavy atom. The molecule has 0 saturated heterocycles. The second-order valence-electron chi connectivity index (χ2n) is 6.01. The number of nitrogens with one attached hydrogen (secondary N) is 1. The van der Waals surface area contributed by atoms with Gasteiger partial charge in [-0.3, -0.25) is 9.67 Å². The summed E-state index contributed by atoms with van der Waals surface area (Å²) in [6.45, 7) is 4.40. The fourth-order valence-corrected chi connectivity index (χ4v) is 3.70. The first kappa shape index (κ1) is 17.0. The molecule has 3 rings (SSSR count). The van der Waals surface area contributed by atoms with Gasteiger partial charge in [-0.15, -0.1) is 11.8 Å². The minimum atomic E-state index is 0.525. The van der Waals surface area contributed by atoms with Crippen LogP contribution < -0.4 is 0 Å². The third-order valence-corrected chi connectivity index (χ3v) is 5.18. The monoisotopic (exact) mass is 355 g/mol. The highest BCUT2D eigenvalue weighted by Gasteiger charge is 2.09. The van der Waals surface area contributed by atoms with E-state index in [-0.39, 0.29) is 0 Å². The average Bonchev–Trinajstić information content (AvgIpc) is 2.96. The van der Waals surface area contributed by atoms with Crippen molar-refractivity contribution >= 4 is 24.0 Å². The Morgan fingerprint density at radius 1 is 1.04 bits per heavy atom. The van der Waals surface area contributed by atoms with E-state index in [9.17, 15) is 0 Å². The number of H-pyrrole nitrogens is 1. The zero-order valence-corrected chi connectivity index (χ0v) is 15.5. The first-order chi connectivity index (χ1) is 11.6. The van der Waals surface area contributed by atoms with E-state index in [0.29, 0.717) is 10.7 Å². The lowest BCUT2D eigenvalue weighted by atomic mass is 10.0. The molecule has 24 heavy (non-hydrogen) atoms. The molecule has 2 aromatic carbocycles. The van der Waals surface area contributed by atoms with Crippen LogP contribution in [0.5, 0.6) is 0 Å². The van der Waals surface area contributed by atoms with Crippen molar-refractivity contribution in [1.82, 2.24) is 14.8 Å². The van der Waals surface area contributed by atoms with Crippen LogP contribution in [0, 0.1) is 4.77 Å². The van der Waals surface area contributed by atoms with Crippen molar-refractivity contribution in [3.8, 4) is 5.69 Å². The lowest BCUT2D eigenvalue weighted by Crippen LogP contribution is -2.01. The molecule has 5 heteroatoms.